The van der Waals surface area contributed by atoms with Crippen molar-refractivity contribution in [3.05, 3.63) is 0 Å². The largest absolute Gasteiger partial charge is 0.396 e. The molecule has 1 amide bonds. The van der Waals surface area contributed by atoms with Crippen LogP contribution in [0.4, 0.5) is 0 Å². The molecule has 0 aliphatic carbocycles. The van der Waals surface area contributed by atoms with Gasteiger partial charge >= 0.3 is 0 Å². The summed E-state index contributed by atoms with van der Waals surface area (Å²) in [6, 6.07) is 0.0569. The molecule has 1 atom stereocenters. The molecule has 4 heteroatoms. The van der Waals surface area contributed by atoms with Crippen LogP contribution in [0.1, 0.15) is 53.4 Å². The summed E-state index contributed by atoms with van der Waals surface area (Å²) >= 11 is 0. The zero-order valence-corrected chi connectivity index (χ0v) is 13.4. The van der Waals surface area contributed by atoms with Gasteiger partial charge in [-0.15, -0.1) is 0 Å². The summed E-state index contributed by atoms with van der Waals surface area (Å²) in [5, 5.41) is 12.2. The average Bonchev–Trinajstić information content (AvgIpc) is 2.38. The predicted molar refractivity (Wildman–Crippen MR) is 80.4 cm³/mol. The van der Waals surface area contributed by atoms with E-state index in [1.54, 1.807) is 0 Å². The maximum absolute atomic E-state index is 12.5. The number of carbonyl (C=O) groups excluding carboxylic acids is 1. The van der Waals surface area contributed by atoms with Crippen LogP contribution < -0.4 is 5.32 Å². The first-order chi connectivity index (χ1) is 9.36. The maximum Gasteiger partial charge on any atom is 0.225 e. The van der Waals surface area contributed by atoms with Crippen LogP contribution in [0.3, 0.4) is 0 Å². The third-order valence-electron chi connectivity index (χ3n) is 4.32. The fourth-order valence-corrected chi connectivity index (χ4v) is 2.84. The van der Waals surface area contributed by atoms with Crippen LogP contribution in [-0.4, -0.2) is 36.9 Å². The van der Waals surface area contributed by atoms with Gasteiger partial charge in [-0.05, 0) is 37.5 Å². The van der Waals surface area contributed by atoms with E-state index >= 15 is 0 Å². The van der Waals surface area contributed by atoms with Crippen molar-refractivity contribution in [2.45, 2.75) is 59.4 Å². The van der Waals surface area contributed by atoms with Gasteiger partial charge in [-0.25, -0.2) is 0 Å². The Balaban J connectivity index is 2.53. The maximum atomic E-state index is 12.5. The van der Waals surface area contributed by atoms with Crippen LogP contribution in [0.2, 0.25) is 0 Å². The molecule has 0 saturated carbocycles. The Bertz CT molecular complexity index is 296. The molecule has 4 nitrogen and oxygen atoms in total. The minimum absolute atomic E-state index is 0.0569. The highest BCUT2D eigenvalue weighted by molar-refractivity contribution is 5.82. The van der Waals surface area contributed by atoms with Gasteiger partial charge < -0.3 is 15.2 Å². The lowest BCUT2D eigenvalue weighted by Crippen LogP contribution is -2.46. The monoisotopic (exact) mass is 285 g/mol. The molecule has 0 radical (unpaired) electrons. The molecule has 118 valence electrons. The molecule has 0 spiro atoms. The van der Waals surface area contributed by atoms with Gasteiger partial charge in [-0.1, -0.05) is 27.7 Å². The summed E-state index contributed by atoms with van der Waals surface area (Å²) in [5.41, 5.74) is -0.357. The number of aliphatic hydroxyl groups is 1. The summed E-state index contributed by atoms with van der Waals surface area (Å²) in [7, 11) is 0. The van der Waals surface area contributed by atoms with Crippen molar-refractivity contribution >= 4 is 5.91 Å². The van der Waals surface area contributed by atoms with Gasteiger partial charge in [0.2, 0.25) is 5.91 Å². The highest BCUT2D eigenvalue weighted by Gasteiger charge is 2.33. The Morgan fingerprint density at radius 2 is 1.95 bits per heavy atom. The number of aliphatic hydroxyl groups excluding tert-OH is 1. The highest BCUT2D eigenvalue weighted by atomic mass is 16.5. The van der Waals surface area contributed by atoms with E-state index in [9.17, 15) is 4.79 Å². The first-order valence-electron chi connectivity index (χ1n) is 7.86. The molecule has 1 heterocycles. The van der Waals surface area contributed by atoms with Gasteiger partial charge in [0.25, 0.3) is 0 Å². The van der Waals surface area contributed by atoms with Crippen molar-refractivity contribution in [3.63, 3.8) is 0 Å². The first kappa shape index (κ1) is 17.4. The van der Waals surface area contributed by atoms with Gasteiger partial charge in [0.1, 0.15) is 0 Å². The van der Waals surface area contributed by atoms with Gasteiger partial charge in [0, 0.05) is 31.3 Å². The molecule has 1 aliphatic rings. The van der Waals surface area contributed by atoms with E-state index < -0.39 is 0 Å². The lowest BCUT2D eigenvalue weighted by molar-refractivity contribution is -0.131. The molecule has 1 fully saturated rings. The van der Waals surface area contributed by atoms with Crippen molar-refractivity contribution in [2.24, 2.45) is 17.3 Å². The van der Waals surface area contributed by atoms with Crippen LogP contribution in [0.5, 0.6) is 0 Å². The van der Waals surface area contributed by atoms with E-state index in [0.717, 1.165) is 32.5 Å². The van der Waals surface area contributed by atoms with Gasteiger partial charge in [0.15, 0.2) is 0 Å². The lowest BCUT2D eigenvalue weighted by Gasteiger charge is -2.33. The summed E-state index contributed by atoms with van der Waals surface area (Å²) in [6.45, 7) is 9.95. The van der Waals surface area contributed by atoms with E-state index in [4.69, 9.17) is 9.84 Å². The smallest absolute Gasteiger partial charge is 0.225 e. The summed E-state index contributed by atoms with van der Waals surface area (Å²) in [6.07, 6.45) is 3.64. The Labute approximate surface area is 123 Å². The highest BCUT2D eigenvalue weighted by Crippen LogP contribution is 2.31. The van der Waals surface area contributed by atoms with Gasteiger partial charge in [0.05, 0.1) is 0 Å². The normalized spacial score (nSPS) is 19.1. The first-order valence-corrected chi connectivity index (χ1v) is 7.86. The Kier molecular flexibility index (Phi) is 6.96. The van der Waals surface area contributed by atoms with Crippen molar-refractivity contribution in [1.82, 2.24) is 5.32 Å². The molecular weight excluding hydrogens is 254 g/mol. The number of ether oxygens (including phenoxy) is 1. The standard InChI is InChI=1S/C16H31NO3/c1-12(2)14(5-8-18)17-15(19)16(3,4)11-13-6-9-20-10-7-13/h12-14,18H,5-11H2,1-4H3,(H,17,19). The van der Waals surface area contributed by atoms with E-state index in [1.807, 2.05) is 13.8 Å². The summed E-state index contributed by atoms with van der Waals surface area (Å²) < 4.78 is 5.37. The van der Waals surface area contributed by atoms with Crippen LogP contribution in [0.15, 0.2) is 0 Å². The van der Waals surface area contributed by atoms with Crippen LogP contribution in [-0.2, 0) is 9.53 Å². The number of nitrogens with one attached hydrogen (secondary N) is 1. The molecule has 0 aromatic carbocycles. The van der Waals surface area contributed by atoms with E-state index in [0.29, 0.717) is 18.3 Å². The molecule has 1 aliphatic heterocycles. The van der Waals surface area contributed by atoms with Crippen molar-refractivity contribution in [3.8, 4) is 0 Å². The van der Waals surface area contributed by atoms with E-state index in [-0.39, 0.29) is 24.0 Å². The summed E-state index contributed by atoms with van der Waals surface area (Å²) in [5.74, 6) is 1.03. The fourth-order valence-electron chi connectivity index (χ4n) is 2.84. The van der Waals surface area contributed by atoms with E-state index in [2.05, 4.69) is 19.2 Å². The molecule has 20 heavy (non-hydrogen) atoms. The second kappa shape index (κ2) is 7.99. The minimum Gasteiger partial charge on any atom is -0.396 e. The molecule has 1 saturated heterocycles. The third-order valence-corrected chi connectivity index (χ3v) is 4.32. The molecule has 1 unspecified atom stereocenters. The second-order valence-corrected chi connectivity index (χ2v) is 6.98. The zero-order chi connectivity index (χ0) is 15.2. The molecule has 0 aromatic rings. The predicted octanol–water partition coefficient (Wildman–Crippen LogP) is 2.35. The van der Waals surface area contributed by atoms with Crippen LogP contribution in [0.25, 0.3) is 0 Å². The lowest BCUT2D eigenvalue weighted by atomic mass is 9.78. The van der Waals surface area contributed by atoms with Crippen molar-refractivity contribution in [1.29, 1.82) is 0 Å². The SMILES string of the molecule is CC(C)C(CCO)NC(=O)C(C)(C)CC1CCOCC1. The molecule has 1 rings (SSSR count). The molecule has 0 bridgehead atoms. The number of hydrogen-bond acceptors (Lipinski definition) is 3. The Morgan fingerprint density at radius 1 is 1.35 bits per heavy atom. The number of amides is 1. The Hall–Kier alpha value is -0.610. The van der Waals surface area contributed by atoms with Gasteiger partial charge in [-0.2, -0.15) is 0 Å². The summed E-state index contributed by atoms with van der Waals surface area (Å²) in [4.78, 5) is 12.5. The quantitative estimate of drug-likeness (QED) is 0.755. The molecular formula is C16H31NO3. The van der Waals surface area contributed by atoms with Crippen molar-refractivity contribution in [2.75, 3.05) is 19.8 Å². The number of carbonyl (C=O) groups is 1. The second-order valence-electron chi connectivity index (χ2n) is 6.98. The zero-order valence-electron chi connectivity index (χ0n) is 13.4. The van der Waals surface area contributed by atoms with Gasteiger partial charge in [-0.3, -0.25) is 4.79 Å². The molecule has 2 N–H and O–H groups in total. The van der Waals surface area contributed by atoms with Crippen molar-refractivity contribution < 1.29 is 14.6 Å². The van der Waals surface area contributed by atoms with Crippen LogP contribution in [0, 0.1) is 17.3 Å². The number of rotatable bonds is 7. The Morgan fingerprint density at radius 3 is 2.45 bits per heavy atom. The average molecular weight is 285 g/mol. The molecule has 0 aromatic heterocycles. The third kappa shape index (κ3) is 5.41. The van der Waals surface area contributed by atoms with E-state index in [1.165, 1.54) is 0 Å². The topological polar surface area (TPSA) is 58.6 Å². The minimum atomic E-state index is -0.357. The van der Waals surface area contributed by atoms with Crippen LogP contribution >= 0.6 is 0 Å². The number of hydrogen-bond donors (Lipinski definition) is 2. The fraction of sp³-hybridized carbons (Fsp3) is 0.938.